The molecule has 1 aromatic rings. The highest BCUT2D eigenvalue weighted by Crippen LogP contribution is 1.98. The number of nitrogens with one attached hydrogen (secondary N) is 2. The Morgan fingerprint density at radius 1 is 1.50 bits per heavy atom. The fraction of sp³-hybridized carbons (Fsp3) is 0.615. The third-order valence-corrected chi connectivity index (χ3v) is 2.64. The van der Waals surface area contributed by atoms with E-state index in [-0.39, 0.29) is 11.9 Å². The minimum Gasteiger partial charge on any atom is -0.467 e. The van der Waals surface area contributed by atoms with Gasteiger partial charge in [-0.25, -0.2) is 0 Å². The van der Waals surface area contributed by atoms with Crippen molar-refractivity contribution >= 4 is 5.91 Å². The summed E-state index contributed by atoms with van der Waals surface area (Å²) < 4.78 is 5.15. The van der Waals surface area contributed by atoms with Gasteiger partial charge in [-0.05, 0) is 52.7 Å². The maximum Gasteiger partial charge on any atom is 0.237 e. The van der Waals surface area contributed by atoms with Gasteiger partial charge in [0.15, 0.2) is 0 Å². The van der Waals surface area contributed by atoms with Crippen LogP contribution in [0.5, 0.6) is 0 Å². The average molecular weight is 253 g/mol. The zero-order chi connectivity index (χ0) is 13.4. The second-order valence-electron chi connectivity index (χ2n) is 4.63. The summed E-state index contributed by atoms with van der Waals surface area (Å²) in [7, 11) is 4.08. The molecule has 5 heteroatoms. The fourth-order valence-corrected chi connectivity index (χ4v) is 1.55. The average Bonchev–Trinajstić information content (AvgIpc) is 2.84. The molecule has 0 saturated heterocycles. The molecule has 1 amide bonds. The molecular weight excluding hydrogens is 230 g/mol. The number of carbonyl (C=O) groups excluding carboxylic acids is 1. The Hall–Kier alpha value is -1.33. The van der Waals surface area contributed by atoms with Gasteiger partial charge in [0.05, 0.1) is 18.8 Å². The molecule has 0 bridgehead atoms. The van der Waals surface area contributed by atoms with Gasteiger partial charge in [-0.2, -0.15) is 0 Å². The Kier molecular flexibility index (Phi) is 6.46. The quantitative estimate of drug-likeness (QED) is 0.674. The monoisotopic (exact) mass is 253 g/mol. The van der Waals surface area contributed by atoms with Crippen LogP contribution in [0.2, 0.25) is 0 Å². The molecule has 0 spiro atoms. The molecule has 0 fully saturated rings. The van der Waals surface area contributed by atoms with Crippen molar-refractivity contribution in [3.63, 3.8) is 0 Å². The number of nitrogens with zero attached hydrogens (tertiary/aromatic N) is 1. The molecule has 0 radical (unpaired) electrons. The SMILES string of the molecule is C[C@H](NCCCN(C)C)C(=O)NCc1ccco1. The van der Waals surface area contributed by atoms with E-state index >= 15 is 0 Å². The summed E-state index contributed by atoms with van der Waals surface area (Å²) in [5.74, 6) is 0.763. The van der Waals surface area contributed by atoms with Crippen LogP contribution in [0.3, 0.4) is 0 Å². The van der Waals surface area contributed by atoms with E-state index in [1.165, 1.54) is 0 Å². The first-order valence-corrected chi connectivity index (χ1v) is 6.28. The van der Waals surface area contributed by atoms with Crippen LogP contribution in [-0.4, -0.2) is 44.0 Å². The van der Waals surface area contributed by atoms with E-state index in [1.807, 2.05) is 33.2 Å². The Labute approximate surface area is 109 Å². The summed E-state index contributed by atoms with van der Waals surface area (Å²) in [5, 5.41) is 6.03. The van der Waals surface area contributed by atoms with Crippen molar-refractivity contribution in [3.05, 3.63) is 24.2 Å². The van der Waals surface area contributed by atoms with Crippen molar-refractivity contribution < 1.29 is 9.21 Å². The van der Waals surface area contributed by atoms with Crippen molar-refractivity contribution in [2.24, 2.45) is 0 Å². The summed E-state index contributed by atoms with van der Waals surface area (Å²) in [5.41, 5.74) is 0. The maximum absolute atomic E-state index is 11.7. The molecule has 0 aliphatic heterocycles. The topological polar surface area (TPSA) is 57.5 Å². The highest BCUT2D eigenvalue weighted by Gasteiger charge is 2.11. The van der Waals surface area contributed by atoms with Crippen LogP contribution in [0, 0.1) is 0 Å². The standard InChI is InChI=1S/C13H23N3O2/c1-11(14-7-5-8-16(2)3)13(17)15-10-12-6-4-9-18-12/h4,6,9,11,14H,5,7-8,10H2,1-3H3,(H,15,17)/t11-/m0/s1. The number of hydrogen-bond acceptors (Lipinski definition) is 4. The van der Waals surface area contributed by atoms with Crippen LogP contribution in [0.25, 0.3) is 0 Å². The second kappa shape index (κ2) is 7.89. The van der Waals surface area contributed by atoms with Crippen LogP contribution in [-0.2, 0) is 11.3 Å². The summed E-state index contributed by atoms with van der Waals surface area (Å²) >= 11 is 0. The van der Waals surface area contributed by atoms with E-state index in [9.17, 15) is 4.79 Å². The Morgan fingerprint density at radius 3 is 2.89 bits per heavy atom. The van der Waals surface area contributed by atoms with Gasteiger partial charge in [0.25, 0.3) is 0 Å². The number of rotatable bonds is 8. The fourth-order valence-electron chi connectivity index (χ4n) is 1.55. The highest BCUT2D eigenvalue weighted by molar-refractivity contribution is 5.81. The smallest absolute Gasteiger partial charge is 0.237 e. The lowest BCUT2D eigenvalue weighted by molar-refractivity contribution is -0.123. The molecule has 0 aromatic carbocycles. The van der Waals surface area contributed by atoms with E-state index in [0.29, 0.717) is 6.54 Å². The molecule has 1 atom stereocenters. The van der Waals surface area contributed by atoms with Gasteiger partial charge in [0.1, 0.15) is 5.76 Å². The van der Waals surface area contributed by atoms with Gasteiger partial charge in [0.2, 0.25) is 5.91 Å². The van der Waals surface area contributed by atoms with Crippen molar-refractivity contribution in [1.29, 1.82) is 0 Å². The summed E-state index contributed by atoms with van der Waals surface area (Å²) in [4.78, 5) is 13.9. The predicted octanol–water partition coefficient (Wildman–Crippen LogP) is 0.826. The molecule has 2 N–H and O–H groups in total. The first kappa shape index (κ1) is 14.7. The molecule has 1 rings (SSSR count). The van der Waals surface area contributed by atoms with Crippen LogP contribution < -0.4 is 10.6 Å². The van der Waals surface area contributed by atoms with Gasteiger partial charge in [0, 0.05) is 0 Å². The molecule has 102 valence electrons. The first-order chi connectivity index (χ1) is 8.59. The first-order valence-electron chi connectivity index (χ1n) is 6.28. The van der Waals surface area contributed by atoms with Crippen LogP contribution in [0.1, 0.15) is 19.1 Å². The predicted molar refractivity (Wildman–Crippen MR) is 71.2 cm³/mol. The lowest BCUT2D eigenvalue weighted by Crippen LogP contribution is -2.42. The van der Waals surface area contributed by atoms with Gasteiger partial charge in [-0.15, -0.1) is 0 Å². The van der Waals surface area contributed by atoms with E-state index in [2.05, 4.69) is 15.5 Å². The van der Waals surface area contributed by atoms with Crippen LogP contribution >= 0.6 is 0 Å². The molecular formula is C13H23N3O2. The number of hydrogen-bond donors (Lipinski definition) is 2. The Morgan fingerprint density at radius 2 is 2.28 bits per heavy atom. The third kappa shape index (κ3) is 5.84. The third-order valence-electron chi connectivity index (χ3n) is 2.64. The number of carbonyl (C=O) groups is 1. The van der Waals surface area contributed by atoms with Crippen molar-refractivity contribution in [2.45, 2.75) is 25.9 Å². The second-order valence-corrected chi connectivity index (χ2v) is 4.63. The van der Waals surface area contributed by atoms with Crippen LogP contribution in [0.4, 0.5) is 0 Å². The normalized spacial score (nSPS) is 12.7. The Balaban J connectivity index is 2.12. The molecule has 1 heterocycles. The number of amides is 1. The van der Waals surface area contributed by atoms with Crippen molar-refractivity contribution in [2.75, 3.05) is 27.2 Å². The Bertz CT molecular complexity index is 336. The molecule has 18 heavy (non-hydrogen) atoms. The molecule has 5 nitrogen and oxygen atoms in total. The zero-order valence-corrected chi connectivity index (χ0v) is 11.4. The lowest BCUT2D eigenvalue weighted by atomic mass is 10.3. The van der Waals surface area contributed by atoms with Gasteiger partial charge >= 0.3 is 0 Å². The van der Waals surface area contributed by atoms with E-state index < -0.39 is 0 Å². The minimum atomic E-state index is -0.179. The van der Waals surface area contributed by atoms with E-state index in [0.717, 1.165) is 25.3 Å². The minimum absolute atomic E-state index is 0.00347. The highest BCUT2D eigenvalue weighted by atomic mass is 16.3. The van der Waals surface area contributed by atoms with Crippen molar-refractivity contribution in [1.82, 2.24) is 15.5 Å². The zero-order valence-electron chi connectivity index (χ0n) is 11.4. The molecule has 0 aliphatic carbocycles. The van der Waals surface area contributed by atoms with Gasteiger partial charge < -0.3 is 20.0 Å². The van der Waals surface area contributed by atoms with Crippen molar-refractivity contribution in [3.8, 4) is 0 Å². The lowest BCUT2D eigenvalue weighted by Gasteiger charge is -2.14. The molecule has 0 unspecified atom stereocenters. The summed E-state index contributed by atoms with van der Waals surface area (Å²) in [6.45, 7) is 4.17. The molecule has 0 aliphatic rings. The van der Waals surface area contributed by atoms with E-state index in [1.54, 1.807) is 6.26 Å². The maximum atomic E-state index is 11.7. The number of furan rings is 1. The molecule has 1 aromatic heterocycles. The molecule has 0 saturated carbocycles. The van der Waals surface area contributed by atoms with Gasteiger partial charge in [-0.3, -0.25) is 4.79 Å². The van der Waals surface area contributed by atoms with E-state index in [4.69, 9.17) is 4.42 Å². The summed E-state index contributed by atoms with van der Waals surface area (Å²) in [6, 6.07) is 3.47. The largest absolute Gasteiger partial charge is 0.467 e. The summed E-state index contributed by atoms with van der Waals surface area (Å²) in [6.07, 6.45) is 2.63. The van der Waals surface area contributed by atoms with Crippen LogP contribution in [0.15, 0.2) is 22.8 Å². The van der Waals surface area contributed by atoms with Gasteiger partial charge in [-0.1, -0.05) is 0 Å².